The third-order valence-corrected chi connectivity index (χ3v) is 4.37. The second-order valence-electron chi connectivity index (χ2n) is 5.22. The van der Waals surface area contributed by atoms with Gasteiger partial charge in [-0.2, -0.15) is 15.8 Å². The number of allylic oxidation sites excluding steroid dienone is 2. The summed E-state index contributed by atoms with van der Waals surface area (Å²) in [7, 11) is 0. The van der Waals surface area contributed by atoms with Gasteiger partial charge < -0.3 is 4.74 Å². The number of nitriles is 3. The van der Waals surface area contributed by atoms with Gasteiger partial charge in [-0.15, -0.1) is 11.3 Å². The first-order valence-corrected chi connectivity index (χ1v) is 7.57. The molecule has 4 nitrogen and oxygen atoms in total. The smallest absolute Gasteiger partial charge is 0.172 e. The van der Waals surface area contributed by atoms with Gasteiger partial charge in [0, 0.05) is 15.3 Å². The molecule has 2 heterocycles. The Kier molecular flexibility index (Phi) is 4.51. The number of hydrogen-bond acceptors (Lipinski definition) is 5. The average molecular weight is 319 g/mol. The summed E-state index contributed by atoms with van der Waals surface area (Å²) in [6.07, 6.45) is 5.46. The first-order chi connectivity index (χ1) is 11.0. The van der Waals surface area contributed by atoms with Gasteiger partial charge in [0.25, 0.3) is 0 Å². The molecule has 0 spiro atoms. The van der Waals surface area contributed by atoms with E-state index < -0.39 is 5.60 Å². The molecule has 1 aromatic rings. The van der Waals surface area contributed by atoms with Crippen LogP contribution in [0.4, 0.5) is 0 Å². The number of hydrogen-bond donors (Lipinski definition) is 0. The molecule has 1 aliphatic heterocycles. The normalized spacial score (nSPS) is 15.7. The van der Waals surface area contributed by atoms with Gasteiger partial charge >= 0.3 is 0 Å². The van der Waals surface area contributed by atoms with E-state index in [4.69, 9.17) is 15.3 Å². The van der Waals surface area contributed by atoms with Crippen LogP contribution in [0.25, 0.3) is 12.2 Å². The fourth-order valence-electron chi connectivity index (χ4n) is 2.22. The maximum atomic E-state index is 9.43. The highest BCUT2D eigenvalue weighted by Gasteiger charge is 2.38. The molecule has 0 bridgehead atoms. The Labute approximate surface area is 139 Å². The third kappa shape index (κ3) is 3.09. The van der Waals surface area contributed by atoms with Gasteiger partial charge in [-0.3, -0.25) is 0 Å². The van der Waals surface area contributed by atoms with E-state index in [0.717, 1.165) is 9.75 Å². The van der Waals surface area contributed by atoms with Crippen molar-refractivity contribution in [1.29, 1.82) is 15.8 Å². The van der Waals surface area contributed by atoms with Crippen LogP contribution in [0.3, 0.4) is 0 Å². The van der Waals surface area contributed by atoms with Crippen molar-refractivity contribution < 1.29 is 4.74 Å². The van der Waals surface area contributed by atoms with Crippen LogP contribution in [0.5, 0.6) is 0 Å². The molecule has 0 N–H and O–H groups in total. The predicted molar refractivity (Wildman–Crippen MR) is 89.5 cm³/mol. The average Bonchev–Trinajstić information content (AvgIpc) is 3.08. The van der Waals surface area contributed by atoms with Crippen molar-refractivity contribution in [3.63, 3.8) is 0 Å². The second kappa shape index (κ2) is 6.36. The summed E-state index contributed by atoms with van der Waals surface area (Å²) in [5.41, 5.74) is -0.103. The van der Waals surface area contributed by atoms with E-state index in [0.29, 0.717) is 5.57 Å². The summed E-state index contributed by atoms with van der Waals surface area (Å²) >= 11 is 1.57. The topological polar surface area (TPSA) is 80.6 Å². The third-order valence-electron chi connectivity index (χ3n) is 3.33. The lowest BCUT2D eigenvalue weighted by atomic mass is 9.94. The van der Waals surface area contributed by atoms with Crippen molar-refractivity contribution in [2.45, 2.75) is 19.4 Å². The lowest BCUT2D eigenvalue weighted by Gasteiger charge is -2.20. The lowest BCUT2D eigenvalue weighted by molar-refractivity contribution is 0.0954. The van der Waals surface area contributed by atoms with Crippen molar-refractivity contribution in [2.75, 3.05) is 0 Å². The molecule has 0 aliphatic carbocycles. The Balaban J connectivity index is 2.53. The monoisotopic (exact) mass is 319 g/mol. The molecule has 0 saturated carbocycles. The molecule has 0 unspecified atom stereocenters. The quantitative estimate of drug-likeness (QED) is 0.776. The summed E-state index contributed by atoms with van der Waals surface area (Å²) in [4.78, 5) is 2.07. The van der Waals surface area contributed by atoms with Crippen LogP contribution in [0.1, 0.15) is 23.6 Å². The van der Waals surface area contributed by atoms with Crippen molar-refractivity contribution in [2.24, 2.45) is 0 Å². The molecule has 0 atom stereocenters. The molecule has 1 aromatic heterocycles. The van der Waals surface area contributed by atoms with E-state index in [1.165, 1.54) is 0 Å². The van der Waals surface area contributed by atoms with Crippen LogP contribution in [0, 0.1) is 34.0 Å². The van der Waals surface area contributed by atoms with Gasteiger partial charge in [-0.05, 0) is 32.1 Å². The Bertz CT molecular complexity index is 861. The first-order valence-electron chi connectivity index (χ1n) is 6.76. The lowest BCUT2D eigenvalue weighted by Crippen LogP contribution is -2.20. The van der Waals surface area contributed by atoms with Crippen LogP contribution in [0.2, 0.25) is 0 Å². The summed E-state index contributed by atoms with van der Waals surface area (Å²) in [6.45, 7) is 7.32. The van der Waals surface area contributed by atoms with Crippen LogP contribution >= 0.6 is 11.3 Å². The van der Waals surface area contributed by atoms with Crippen LogP contribution in [-0.2, 0) is 4.74 Å². The Morgan fingerprint density at radius 2 is 1.83 bits per heavy atom. The second-order valence-corrected chi connectivity index (χ2v) is 6.37. The Morgan fingerprint density at radius 3 is 2.35 bits per heavy atom. The zero-order valence-electron chi connectivity index (χ0n) is 12.8. The summed E-state index contributed by atoms with van der Waals surface area (Å²) in [5.74, 6) is 0.0557. The minimum atomic E-state index is -0.783. The predicted octanol–water partition coefficient (Wildman–Crippen LogP) is 4.33. The molecule has 0 amide bonds. The highest BCUT2D eigenvalue weighted by molar-refractivity contribution is 7.13. The number of rotatable bonds is 3. The van der Waals surface area contributed by atoms with Crippen molar-refractivity contribution in [3.8, 4) is 18.2 Å². The summed E-state index contributed by atoms with van der Waals surface area (Å²) in [6, 6.07) is 9.52. The van der Waals surface area contributed by atoms with Crippen molar-refractivity contribution in [1.82, 2.24) is 0 Å². The van der Waals surface area contributed by atoms with Gasteiger partial charge in [0.15, 0.2) is 11.3 Å². The minimum Gasteiger partial charge on any atom is -0.480 e. The fourth-order valence-corrected chi connectivity index (χ4v) is 2.98. The van der Waals surface area contributed by atoms with Crippen molar-refractivity contribution in [3.05, 3.63) is 57.0 Å². The zero-order valence-corrected chi connectivity index (χ0v) is 13.6. The van der Waals surface area contributed by atoms with Gasteiger partial charge in [0.05, 0.1) is 0 Å². The number of thiophene rings is 1. The van der Waals surface area contributed by atoms with Crippen molar-refractivity contribution >= 4 is 23.5 Å². The SMILES string of the molecule is C=Cc1ccc(/C=C/C2=C(C#N)C(=C(C#N)C#N)OC2(C)C)s1. The highest BCUT2D eigenvalue weighted by Crippen LogP contribution is 2.40. The Hall–Kier alpha value is -3.07. The van der Waals surface area contributed by atoms with E-state index in [2.05, 4.69) is 12.6 Å². The highest BCUT2D eigenvalue weighted by atomic mass is 32.1. The maximum absolute atomic E-state index is 9.43. The molecular formula is C18H13N3OS. The van der Waals surface area contributed by atoms with Gasteiger partial charge in [-0.25, -0.2) is 0 Å². The van der Waals surface area contributed by atoms with Crippen LogP contribution in [0.15, 0.2) is 47.3 Å². The van der Waals surface area contributed by atoms with Crippen LogP contribution in [-0.4, -0.2) is 5.60 Å². The minimum absolute atomic E-state index is 0.0557. The van der Waals surface area contributed by atoms with E-state index in [-0.39, 0.29) is 16.9 Å². The number of ether oxygens (including phenoxy) is 1. The Morgan fingerprint density at radius 1 is 1.17 bits per heavy atom. The molecular weight excluding hydrogens is 306 g/mol. The summed E-state index contributed by atoms with van der Waals surface area (Å²) in [5, 5.41) is 27.5. The largest absolute Gasteiger partial charge is 0.480 e. The molecule has 0 fully saturated rings. The van der Waals surface area contributed by atoms with Crippen LogP contribution < -0.4 is 0 Å². The maximum Gasteiger partial charge on any atom is 0.172 e. The van der Waals surface area contributed by atoms with E-state index in [9.17, 15) is 5.26 Å². The van der Waals surface area contributed by atoms with E-state index >= 15 is 0 Å². The molecule has 0 aromatic carbocycles. The van der Waals surface area contributed by atoms with E-state index in [1.807, 2.05) is 18.2 Å². The van der Waals surface area contributed by atoms with Gasteiger partial charge in [0.1, 0.15) is 29.4 Å². The first kappa shape index (κ1) is 16.3. The standard InChI is InChI=1S/C18H13N3OS/c1-4-13-5-6-14(23-13)7-8-16-15(11-21)17(12(9-19)10-20)22-18(16,2)3/h4-8H,1H2,2-3H3/b8-7+. The molecule has 1 aliphatic rings. The number of nitrogens with zero attached hydrogens (tertiary/aromatic N) is 3. The molecule has 112 valence electrons. The summed E-state index contributed by atoms with van der Waals surface area (Å²) < 4.78 is 5.70. The van der Waals surface area contributed by atoms with Gasteiger partial charge in [0.2, 0.25) is 0 Å². The van der Waals surface area contributed by atoms with Gasteiger partial charge in [-0.1, -0.05) is 18.7 Å². The molecule has 0 saturated heterocycles. The zero-order chi connectivity index (χ0) is 17.0. The molecule has 0 radical (unpaired) electrons. The molecule has 5 heteroatoms. The molecule has 2 rings (SSSR count). The molecule has 23 heavy (non-hydrogen) atoms. The van der Waals surface area contributed by atoms with E-state index in [1.54, 1.807) is 49.5 Å². The fraction of sp³-hybridized carbons (Fsp3) is 0.167.